The van der Waals surface area contributed by atoms with Crippen molar-refractivity contribution in [3.8, 4) is 5.75 Å². The Morgan fingerprint density at radius 3 is 2.00 bits per heavy atom. The summed E-state index contributed by atoms with van der Waals surface area (Å²) in [6, 6.07) is 7.47. The molecule has 0 bridgehead atoms. The Morgan fingerprint density at radius 2 is 1.55 bits per heavy atom. The molecule has 0 spiro atoms. The summed E-state index contributed by atoms with van der Waals surface area (Å²) in [5, 5.41) is 0.0120. The van der Waals surface area contributed by atoms with Crippen LogP contribution in [-0.2, 0) is 10.0 Å². The van der Waals surface area contributed by atoms with Gasteiger partial charge < -0.3 is 4.74 Å². The molecule has 0 saturated heterocycles. The molecule has 0 aliphatic heterocycles. The van der Waals surface area contributed by atoms with Crippen LogP contribution in [0.1, 0.15) is 16.7 Å². The van der Waals surface area contributed by atoms with Gasteiger partial charge in [-0.2, -0.15) is 17.9 Å². The van der Waals surface area contributed by atoms with Gasteiger partial charge in [0.25, 0.3) is 0 Å². The van der Waals surface area contributed by atoms with Crippen molar-refractivity contribution in [3.63, 3.8) is 0 Å². The van der Waals surface area contributed by atoms with Crippen LogP contribution in [0.2, 0.25) is 10.0 Å². The first-order valence-corrected chi connectivity index (χ1v) is 11.4. The summed E-state index contributed by atoms with van der Waals surface area (Å²) >= 11 is 12.8. The van der Waals surface area contributed by atoms with Crippen molar-refractivity contribution in [1.29, 1.82) is 0 Å². The number of hydrogen-bond acceptors (Lipinski definition) is 3. The fourth-order valence-electron chi connectivity index (χ4n) is 2.82. The Morgan fingerprint density at radius 1 is 1.07 bits per heavy atom. The number of halogens is 6. The number of hydrogen-bond donors (Lipinski definition) is 1. The first-order valence-electron chi connectivity index (χ1n) is 8.12. The lowest BCUT2D eigenvalue weighted by molar-refractivity contribution is -0.163. The second-order valence-electron chi connectivity index (χ2n) is 6.47. The molecule has 0 heterocycles. The molecule has 0 saturated carbocycles. The Balaban J connectivity index is 2.43. The second-order valence-corrected chi connectivity index (χ2v) is 10.7. The highest BCUT2D eigenvalue weighted by molar-refractivity contribution is 14.1. The van der Waals surface area contributed by atoms with Gasteiger partial charge in [-0.3, -0.25) is 0 Å². The number of nitrogens with one attached hydrogen (secondary N) is 1. The molecule has 1 N–H and O–H groups in total. The standard InChI is InChI=1S/C18H17Cl2F3INO3S/c1-10-7-11(2)16(12(3)8-10)29(26,27)25-17(24,18(21,22)23)9-28-15-13(19)5-4-6-14(15)20/h4-8,25H,9H2,1-3H3. The smallest absolute Gasteiger partial charge is 0.420 e. The zero-order valence-corrected chi connectivity index (χ0v) is 20.0. The van der Waals surface area contributed by atoms with E-state index in [0.29, 0.717) is 11.1 Å². The molecule has 0 aromatic heterocycles. The average Bonchev–Trinajstić information content (AvgIpc) is 2.51. The highest BCUT2D eigenvalue weighted by atomic mass is 127. The Bertz CT molecular complexity index is 988. The normalized spacial score (nSPS) is 14.5. The minimum Gasteiger partial charge on any atom is -0.487 e. The van der Waals surface area contributed by atoms with Gasteiger partial charge in [-0.1, -0.05) is 47.0 Å². The maximum absolute atomic E-state index is 13.8. The number of rotatable bonds is 6. The van der Waals surface area contributed by atoms with Crippen LogP contribution in [0.25, 0.3) is 0 Å². The van der Waals surface area contributed by atoms with Crippen LogP contribution in [0.5, 0.6) is 5.75 Å². The predicted molar refractivity (Wildman–Crippen MR) is 116 cm³/mol. The molecule has 0 fully saturated rings. The Hall–Kier alpha value is -0.750. The summed E-state index contributed by atoms with van der Waals surface area (Å²) in [4.78, 5) is -0.204. The molecule has 0 aliphatic rings. The highest BCUT2D eigenvalue weighted by Crippen LogP contribution is 2.40. The average molecular weight is 582 g/mol. The second kappa shape index (κ2) is 8.78. The van der Waals surface area contributed by atoms with Crippen LogP contribution in [0.15, 0.2) is 35.2 Å². The molecule has 29 heavy (non-hydrogen) atoms. The van der Waals surface area contributed by atoms with Gasteiger partial charge in [0.2, 0.25) is 13.6 Å². The monoisotopic (exact) mass is 581 g/mol. The van der Waals surface area contributed by atoms with E-state index < -0.39 is 26.4 Å². The molecule has 160 valence electrons. The molecule has 0 radical (unpaired) electrons. The number of sulfonamides is 1. The molecule has 1 unspecified atom stereocenters. The van der Waals surface area contributed by atoms with E-state index in [4.69, 9.17) is 27.9 Å². The van der Waals surface area contributed by atoms with Gasteiger partial charge in [0.15, 0.2) is 5.75 Å². The summed E-state index contributed by atoms with van der Waals surface area (Å²) < 4.78 is 71.3. The first kappa shape index (κ1) is 24.5. The zero-order chi connectivity index (χ0) is 22.2. The molecule has 2 aromatic rings. The summed E-state index contributed by atoms with van der Waals surface area (Å²) in [6.07, 6.45) is -4.97. The number of benzene rings is 2. The molecule has 0 aliphatic carbocycles. The van der Waals surface area contributed by atoms with Gasteiger partial charge in [0.05, 0.1) is 14.9 Å². The third-order valence-corrected chi connectivity index (χ3v) is 7.91. The van der Waals surface area contributed by atoms with E-state index >= 15 is 0 Å². The summed E-state index contributed by atoms with van der Waals surface area (Å²) in [7, 11) is -4.53. The van der Waals surface area contributed by atoms with E-state index in [1.54, 1.807) is 23.8 Å². The van der Waals surface area contributed by atoms with Gasteiger partial charge in [-0.15, -0.1) is 0 Å². The van der Waals surface area contributed by atoms with E-state index in [1.807, 2.05) is 0 Å². The van der Waals surface area contributed by atoms with E-state index in [9.17, 15) is 21.6 Å². The van der Waals surface area contributed by atoms with Gasteiger partial charge in [0, 0.05) is 0 Å². The number of para-hydroxylation sites is 1. The van der Waals surface area contributed by atoms with Gasteiger partial charge in [0.1, 0.15) is 6.61 Å². The molecule has 2 rings (SSSR count). The van der Waals surface area contributed by atoms with E-state index in [2.05, 4.69) is 0 Å². The summed E-state index contributed by atoms with van der Waals surface area (Å²) in [6.45, 7) is 3.74. The predicted octanol–water partition coefficient (Wildman–Crippen LogP) is 5.97. The maximum Gasteiger partial charge on any atom is 0.420 e. The lowest BCUT2D eigenvalue weighted by Gasteiger charge is -2.31. The van der Waals surface area contributed by atoms with Crippen molar-refractivity contribution >= 4 is 55.8 Å². The third-order valence-electron chi connectivity index (χ3n) is 3.95. The lowest BCUT2D eigenvalue weighted by Crippen LogP contribution is -2.57. The fraction of sp³-hybridized carbons (Fsp3) is 0.333. The molecule has 0 amide bonds. The van der Waals surface area contributed by atoms with Crippen molar-refractivity contribution in [2.45, 2.75) is 35.4 Å². The van der Waals surface area contributed by atoms with Gasteiger partial charge in [-0.25, -0.2) is 8.42 Å². The highest BCUT2D eigenvalue weighted by Gasteiger charge is 2.56. The largest absolute Gasteiger partial charge is 0.487 e. The van der Waals surface area contributed by atoms with E-state index in [1.165, 1.54) is 32.0 Å². The number of aryl methyl sites for hydroxylation is 3. The molecule has 4 nitrogen and oxygen atoms in total. The molecule has 2 aromatic carbocycles. The van der Waals surface area contributed by atoms with Crippen molar-refractivity contribution in [3.05, 3.63) is 57.1 Å². The molecule has 11 heteroatoms. The molecular weight excluding hydrogens is 565 g/mol. The fourth-order valence-corrected chi connectivity index (χ4v) is 6.02. The quantitative estimate of drug-likeness (QED) is 0.260. The van der Waals surface area contributed by atoms with Crippen molar-refractivity contribution in [2.75, 3.05) is 6.61 Å². The minimum absolute atomic E-state index is 0.00602. The summed E-state index contributed by atoms with van der Waals surface area (Å²) in [5.41, 5.74) is 1.48. The number of alkyl halides is 4. The topological polar surface area (TPSA) is 55.4 Å². The number of ether oxygens (including phenoxy) is 1. The SMILES string of the molecule is Cc1cc(C)c(S(=O)(=O)NC(I)(COc2c(Cl)cccc2Cl)C(F)(F)F)c(C)c1. The van der Waals surface area contributed by atoms with Crippen molar-refractivity contribution in [1.82, 2.24) is 4.72 Å². The van der Waals surface area contributed by atoms with E-state index in [0.717, 1.165) is 28.2 Å². The zero-order valence-electron chi connectivity index (χ0n) is 15.5. The van der Waals surface area contributed by atoms with Crippen LogP contribution in [0.4, 0.5) is 13.2 Å². The van der Waals surface area contributed by atoms with Crippen molar-refractivity contribution < 1.29 is 26.3 Å². The molecular formula is C18H17Cl2F3INO3S. The van der Waals surface area contributed by atoms with Crippen LogP contribution in [-0.4, -0.2) is 24.7 Å². The Kier molecular flexibility index (Phi) is 7.42. The lowest BCUT2D eigenvalue weighted by atomic mass is 10.1. The van der Waals surface area contributed by atoms with Crippen LogP contribution in [0, 0.1) is 20.8 Å². The van der Waals surface area contributed by atoms with Crippen LogP contribution >= 0.6 is 45.8 Å². The van der Waals surface area contributed by atoms with E-state index in [-0.39, 0.29) is 20.7 Å². The molecule has 1 atom stereocenters. The third kappa shape index (κ3) is 5.49. The van der Waals surface area contributed by atoms with Gasteiger partial charge >= 0.3 is 6.18 Å². The van der Waals surface area contributed by atoms with Crippen molar-refractivity contribution in [2.24, 2.45) is 0 Å². The summed E-state index contributed by atoms with van der Waals surface area (Å²) in [5.74, 6) is -0.164. The first-order chi connectivity index (χ1) is 13.2. The van der Waals surface area contributed by atoms with Crippen LogP contribution in [0.3, 0.4) is 0 Å². The maximum atomic E-state index is 13.8. The Labute approximate surface area is 190 Å². The van der Waals surface area contributed by atoms with Gasteiger partial charge in [-0.05, 0) is 66.6 Å². The minimum atomic E-state index is -4.97. The van der Waals surface area contributed by atoms with Crippen LogP contribution < -0.4 is 9.46 Å².